The fourth-order valence-corrected chi connectivity index (χ4v) is 3.21. The molecule has 4 nitrogen and oxygen atoms in total. The predicted octanol–water partition coefficient (Wildman–Crippen LogP) is 0.874. The van der Waals surface area contributed by atoms with Crippen molar-refractivity contribution in [1.82, 2.24) is 14.9 Å². The van der Waals surface area contributed by atoms with Crippen LogP contribution in [-0.2, 0) is 0 Å². The van der Waals surface area contributed by atoms with E-state index in [0.29, 0.717) is 0 Å². The molecule has 2 atom stereocenters. The van der Waals surface area contributed by atoms with Crippen LogP contribution in [0, 0.1) is 11.8 Å². The Labute approximate surface area is 95.6 Å². The summed E-state index contributed by atoms with van der Waals surface area (Å²) in [7, 11) is 0. The Morgan fingerprint density at radius 2 is 1.94 bits per heavy atom. The van der Waals surface area contributed by atoms with Crippen molar-refractivity contribution in [1.29, 1.82) is 0 Å². The minimum absolute atomic E-state index is 0.746. The lowest BCUT2D eigenvalue weighted by Gasteiger charge is -2.19. The molecule has 1 N–H and O–H groups in total. The van der Waals surface area contributed by atoms with E-state index in [4.69, 9.17) is 0 Å². The van der Waals surface area contributed by atoms with E-state index in [0.717, 1.165) is 17.9 Å². The van der Waals surface area contributed by atoms with Crippen LogP contribution in [0.2, 0.25) is 0 Å². The third-order valence-electron chi connectivity index (χ3n) is 4.26. The van der Waals surface area contributed by atoms with Crippen LogP contribution in [0.5, 0.6) is 0 Å². The Hall–Kier alpha value is -1.03. The minimum atomic E-state index is 0.746. The molecule has 0 spiro atoms. The van der Waals surface area contributed by atoms with Crippen LogP contribution in [-0.4, -0.2) is 35.7 Å². The van der Waals surface area contributed by atoms with Crippen LogP contribution in [0.4, 0.5) is 5.95 Å². The number of anilines is 1. The number of nitrogens with zero attached hydrogens (tertiary/aromatic N) is 3. The van der Waals surface area contributed by atoms with Gasteiger partial charge in [0, 0.05) is 44.6 Å². The van der Waals surface area contributed by atoms with Gasteiger partial charge in [-0.15, -0.1) is 0 Å². The summed E-state index contributed by atoms with van der Waals surface area (Å²) in [4.78, 5) is 7.05. The molecule has 0 aromatic carbocycles. The molecule has 1 aromatic heterocycles. The minimum Gasteiger partial charge on any atom is -0.342 e. The summed E-state index contributed by atoms with van der Waals surface area (Å²) in [5.74, 6) is 2.92. The third-order valence-corrected chi connectivity index (χ3v) is 4.26. The highest BCUT2D eigenvalue weighted by molar-refractivity contribution is 5.35. The molecular formula is C12H18N4. The van der Waals surface area contributed by atoms with Gasteiger partial charge in [-0.3, -0.25) is 0 Å². The summed E-state index contributed by atoms with van der Waals surface area (Å²) in [6.07, 6.45) is 6.79. The lowest BCUT2D eigenvalue weighted by Crippen LogP contribution is -2.27. The Bertz CT molecular complexity index is 383. The summed E-state index contributed by atoms with van der Waals surface area (Å²) in [6, 6.07) is 0.746. The molecule has 4 rings (SSSR count). The van der Waals surface area contributed by atoms with E-state index in [1.54, 1.807) is 0 Å². The summed E-state index contributed by atoms with van der Waals surface area (Å²) in [5.41, 5.74) is 0. The van der Waals surface area contributed by atoms with E-state index < -0.39 is 0 Å². The molecule has 1 aliphatic carbocycles. The maximum absolute atomic E-state index is 4.56. The van der Waals surface area contributed by atoms with Gasteiger partial charge in [-0.1, -0.05) is 0 Å². The van der Waals surface area contributed by atoms with Gasteiger partial charge in [0.15, 0.2) is 0 Å². The van der Waals surface area contributed by atoms with Gasteiger partial charge < -0.3 is 14.8 Å². The summed E-state index contributed by atoms with van der Waals surface area (Å²) in [6.45, 7) is 4.79. The predicted molar refractivity (Wildman–Crippen MR) is 62.6 cm³/mol. The number of aromatic nitrogens is 2. The molecule has 86 valence electrons. The van der Waals surface area contributed by atoms with Gasteiger partial charge in [0.25, 0.3) is 0 Å². The standard InChI is InChI=1S/C12H18N4/c1-2-11(1)16-4-3-14-12(16)15-7-9-5-13-6-10(9)8-15/h3-4,9-11,13H,1-2,5-8H2. The fraction of sp³-hybridized carbons (Fsp3) is 0.750. The highest BCUT2D eigenvalue weighted by Gasteiger charge is 2.38. The van der Waals surface area contributed by atoms with E-state index >= 15 is 0 Å². The van der Waals surface area contributed by atoms with Gasteiger partial charge in [0.05, 0.1) is 0 Å². The fourth-order valence-electron chi connectivity index (χ4n) is 3.21. The van der Waals surface area contributed by atoms with Crippen LogP contribution in [0.3, 0.4) is 0 Å². The number of rotatable bonds is 2. The smallest absolute Gasteiger partial charge is 0.205 e. The van der Waals surface area contributed by atoms with Gasteiger partial charge in [-0.25, -0.2) is 4.98 Å². The van der Waals surface area contributed by atoms with Gasteiger partial charge in [-0.2, -0.15) is 0 Å². The zero-order chi connectivity index (χ0) is 10.5. The molecule has 0 amide bonds. The van der Waals surface area contributed by atoms with E-state index in [1.165, 1.54) is 45.0 Å². The molecule has 1 saturated carbocycles. The first-order valence-corrected chi connectivity index (χ1v) is 6.40. The quantitative estimate of drug-likeness (QED) is 0.799. The van der Waals surface area contributed by atoms with Gasteiger partial charge in [0.1, 0.15) is 0 Å². The average molecular weight is 218 g/mol. The van der Waals surface area contributed by atoms with Crippen LogP contribution in [0.25, 0.3) is 0 Å². The molecule has 16 heavy (non-hydrogen) atoms. The zero-order valence-electron chi connectivity index (χ0n) is 9.47. The zero-order valence-corrected chi connectivity index (χ0v) is 9.47. The molecule has 3 heterocycles. The van der Waals surface area contributed by atoms with E-state index in [-0.39, 0.29) is 0 Å². The Morgan fingerprint density at radius 1 is 1.19 bits per heavy atom. The first-order valence-electron chi connectivity index (χ1n) is 6.40. The number of nitrogens with one attached hydrogen (secondary N) is 1. The number of imidazole rings is 1. The molecule has 4 heteroatoms. The van der Waals surface area contributed by atoms with Crippen molar-refractivity contribution in [2.75, 3.05) is 31.1 Å². The first kappa shape index (κ1) is 9.05. The number of hydrogen-bond acceptors (Lipinski definition) is 3. The SMILES string of the molecule is c1cn(C2CC2)c(N2CC3CNCC3C2)n1. The molecule has 2 unspecified atom stereocenters. The molecule has 1 aromatic rings. The Balaban J connectivity index is 1.59. The largest absolute Gasteiger partial charge is 0.342 e. The van der Waals surface area contributed by atoms with Crippen molar-refractivity contribution in [3.05, 3.63) is 12.4 Å². The maximum Gasteiger partial charge on any atom is 0.205 e. The van der Waals surface area contributed by atoms with Crippen LogP contribution >= 0.6 is 0 Å². The van der Waals surface area contributed by atoms with Gasteiger partial charge in [0.2, 0.25) is 5.95 Å². The van der Waals surface area contributed by atoms with E-state index in [1.807, 2.05) is 6.20 Å². The van der Waals surface area contributed by atoms with Crippen molar-refractivity contribution in [3.8, 4) is 0 Å². The summed E-state index contributed by atoms with van der Waals surface area (Å²) in [5, 5.41) is 3.49. The maximum atomic E-state index is 4.56. The lowest BCUT2D eigenvalue weighted by atomic mass is 10.0. The van der Waals surface area contributed by atoms with Crippen molar-refractivity contribution in [2.45, 2.75) is 18.9 Å². The Morgan fingerprint density at radius 3 is 2.62 bits per heavy atom. The van der Waals surface area contributed by atoms with Crippen molar-refractivity contribution < 1.29 is 0 Å². The van der Waals surface area contributed by atoms with Crippen molar-refractivity contribution >= 4 is 5.95 Å². The Kier molecular flexibility index (Phi) is 1.83. The van der Waals surface area contributed by atoms with E-state index in [2.05, 4.69) is 26.0 Å². The van der Waals surface area contributed by atoms with E-state index in [9.17, 15) is 0 Å². The summed E-state index contributed by atoms with van der Waals surface area (Å²) < 4.78 is 2.38. The average Bonchev–Trinajstić information content (AvgIpc) is 2.74. The van der Waals surface area contributed by atoms with Crippen LogP contribution in [0.1, 0.15) is 18.9 Å². The van der Waals surface area contributed by atoms with Crippen molar-refractivity contribution in [2.24, 2.45) is 11.8 Å². The monoisotopic (exact) mass is 218 g/mol. The van der Waals surface area contributed by atoms with Crippen molar-refractivity contribution in [3.63, 3.8) is 0 Å². The second kappa shape index (κ2) is 3.23. The topological polar surface area (TPSA) is 33.1 Å². The van der Waals surface area contributed by atoms with Crippen LogP contribution in [0.15, 0.2) is 12.4 Å². The van der Waals surface area contributed by atoms with Gasteiger partial charge in [-0.05, 0) is 24.7 Å². The third kappa shape index (κ3) is 1.29. The molecule has 3 aliphatic rings. The highest BCUT2D eigenvalue weighted by Crippen LogP contribution is 2.39. The second-order valence-electron chi connectivity index (χ2n) is 5.45. The molecule has 2 saturated heterocycles. The molecule has 3 fully saturated rings. The van der Waals surface area contributed by atoms with Gasteiger partial charge >= 0.3 is 0 Å². The number of fused-ring (bicyclic) bond motifs is 1. The normalized spacial score (nSPS) is 33.4. The molecular weight excluding hydrogens is 200 g/mol. The first-order chi connectivity index (χ1) is 7.92. The molecule has 0 bridgehead atoms. The highest BCUT2D eigenvalue weighted by atomic mass is 15.3. The lowest BCUT2D eigenvalue weighted by molar-refractivity contribution is 0.533. The molecule has 0 radical (unpaired) electrons. The second-order valence-corrected chi connectivity index (χ2v) is 5.45. The van der Waals surface area contributed by atoms with Crippen LogP contribution < -0.4 is 10.2 Å². The molecule has 2 aliphatic heterocycles. The summed E-state index contributed by atoms with van der Waals surface area (Å²) >= 11 is 0. The number of hydrogen-bond donors (Lipinski definition) is 1.